The highest BCUT2D eigenvalue weighted by Crippen LogP contribution is 2.30. The minimum absolute atomic E-state index is 1.14. The van der Waals surface area contributed by atoms with E-state index in [4.69, 9.17) is 0 Å². The standard InChI is InChI=1S/C24H19NS/c1-3-10-21-17(6-1)20-14-15(12-13-22(20)25-21)16-8-5-9-19-18-7-2-4-11-23(18)26-24(16)19/h1,3-4,6,9-14,25H,2,5,7-8H2. The summed E-state index contributed by atoms with van der Waals surface area (Å²) >= 11 is 1.99. The Kier molecular flexibility index (Phi) is 3.06. The number of thiophene rings is 1. The maximum absolute atomic E-state index is 3.55. The highest BCUT2D eigenvalue weighted by atomic mass is 32.1. The summed E-state index contributed by atoms with van der Waals surface area (Å²) in [7, 11) is 0. The molecule has 0 unspecified atom stereocenters. The molecule has 1 N–H and O–H groups in total. The molecular weight excluding hydrogens is 334 g/mol. The molecule has 0 fully saturated rings. The molecule has 0 bridgehead atoms. The van der Waals surface area contributed by atoms with E-state index in [1.54, 1.807) is 5.56 Å². The van der Waals surface area contributed by atoms with Crippen molar-refractivity contribution in [1.82, 2.24) is 4.98 Å². The summed E-state index contributed by atoms with van der Waals surface area (Å²) in [6, 6.07) is 15.6. The summed E-state index contributed by atoms with van der Waals surface area (Å²) in [5, 5.41) is 4.18. The van der Waals surface area contributed by atoms with Crippen LogP contribution < -0.4 is 9.75 Å². The summed E-state index contributed by atoms with van der Waals surface area (Å²) in [5.74, 6) is 0. The maximum Gasteiger partial charge on any atom is 0.0465 e. The third kappa shape index (κ3) is 2.02. The quantitative estimate of drug-likeness (QED) is 0.489. The van der Waals surface area contributed by atoms with Crippen LogP contribution in [-0.4, -0.2) is 4.98 Å². The van der Waals surface area contributed by atoms with Gasteiger partial charge in [0.15, 0.2) is 0 Å². The van der Waals surface area contributed by atoms with Crippen molar-refractivity contribution in [3.8, 4) is 0 Å². The smallest absolute Gasteiger partial charge is 0.0465 e. The van der Waals surface area contributed by atoms with Crippen molar-refractivity contribution in [3.05, 3.63) is 74.3 Å². The van der Waals surface area contributed by atoms with E-state index in [1.165, 1.54) is 60.4 Å². The fourth-order valence-corrected chi connectivity index (χ4v) is 5.91. The Hall–Kier alpha value is -2.58. The average Bonchev–Trinajstić information content (AvgIpc) is 3.25. The van der Waals surface area contributed by atoms with Gasteiger partial charge in [-0.1, -0.05) is 36.4 Å². The van der Waals surface area contributed by atoms with Crippen molar-refractivity contribution in [2.24, 2.45) is 0 Å². The molecule has 2 aliphatic rings. The zero-order valence-electron chi connectivity index (χ0n) is 14.5. The number of hydrogen-bond donors (Lipinski definition) is 1. The number of allylic oxidation sites excluding steroid dienone is 1. The fourth-order valence-electron chi connectivity index (χ4n) is 4.53. The van der Waals surface area contributed by atoms with Gasteiger partial charge in [-0.25, -0.2) is 0 Å². The molecule has 0 saturated carbocycles. The average molecular weight is 353 g/mol. The molecule has 4 aromatic rings. The third-order valence-electron chi connectivity index (χ3n) is 5.78. The topological polar surface area (TPSA) is 15.8 Å². The van der Waals surface area contributed by atoms with Crippen molar-refractivity contribution in [3.63, 3.8) is 0 Å². The Morgan fingerprint density at radius 3 is 2.81 bits per heavy atom. The number of H-pyrrole nitrogens is 1. The molecule has 26 heavy (non-hydrogen) atoms. The Bertz CT molecular complexity index is 1330. The molecule has 0 radical (unpaired) electrons. The van der Waals surface area contributed by atoms with Crippen molar-refractivity contribution < 1.29 is 0 Å². The van der Waals surface area contributed by atoms with E-state index in [0.717, 1.165) is 12.8 Å². The number of fused-ring (bicyclic) bond motifs is 6. The van der Waals surface area contributed by atoms with Crippen molar-refractivity contribution in [2.75, 3.05) is 0 Å². The van der Waals surface area contributed by atoms with Crippen molar-refractivity contribution in [1.29, 1.82) is 0 Å². The molecule has 1 nitrogen and oxygen atoms in total. The third-order valence-corrected chi connectivity index (χ3v) is 7.05. The molecule has 2 heteroatoms. The lowest BCUT2D eigenvalue weighted by molar-refractivity contribution is 0.977. The number of aromatic nitrogens is 1. The van der Waals surface area contributed by atoms with Crippen LogP contribution >= 0.6 is 11.3 Å². The first-order valence-corrected chi connectivity index (χ1v) is 10.2. The molecule has 126 valence electrons. The molecule has 2 aromatic heterocycles. The van der Waals surface area contributed by atoms with Crippen LogP contribution in [0.3, 0.4) is 0 Å². The van der Waals surface area contributed by atoms with Gasteiger partial charge < -0.3 is 4.98 Å². The van der Waals surface area contributed by atoms with Crippen LogP contribution in [0.15, 0.2) is 48.5 Å². The van der Waals surface area contributed by atoms with Gasteiger partial charge in [-0.05, 0) is 71.9 Å². The number of nitrogens with one attached hydrogen (secondary N) is 1. The van der Waals surface area contributed by atoms with Gasteiger partial charge in [-0.15, -0.1) is 11.3 Å². The van der Waals surface area contributed by atoms with Crippen LogP contribution in [-0.2, 0) is 6.42 Å². The van der Waals surface area contributed by atoms with Crippen LogP contribution in [0.25, 0.3) is 39.5 Å². The predicted molar refractivity (Wildman–Crippen MR) is 113 cm³/mol. The van der Waals surface area contributed by atoms with E-state index in [9.17, 15) is 0 Å². The largest absolute Gasteiger partial charge is 0.355 e. The van der Waals surface area contributed by atoms with E-state index in [-0.39, 0.29) is 0 Å². The van der Waals surface area contributed by atoms with Gasteiger partial charge in [0, 0.05) is 31.2 Å². The number of hydrogen-bond acceptors (Lipinski definition) is 1. The highest BCUT2D eigenvalue weighted by Gasteiger charge is 2.16. The number of aromatic amines is 1. The Morgan fingerprint density at radius 2 is 1.81 bits per heavy atom. The summed E-state index contributed by atoms with van der Waals surface area (Å²) < 4.78 is 1.51. The first-order valence-electron chi connectivity index (χ1n) is 9.41. The fraction of sp³-hybridized carbons (Fsp3) is 0.167. The lowest BCUT2D eigenvalue weighted by Gasteiger charge is -2.10. The van der Waals surface area contributed by atoms with E-state index in [2.05, 4.69) is 65.7 Å². The second kappa shape index (κ2) is 5.46. The van der Waals surface area contributed by atoms with Gasteiger partial charge >= 0.3 is 0 Å². The van der Waals surface area contributed by atoms with E-state index < -0.39 is 0 Å². The summed E-state index contributed by atoms with van der Waals surface area (Å²) in [5.41, 5.74) is 6.95. The van der Waals surface area contributed by atoms with Crippen LogP contribution in [0, 0.1) is 0 Å². The zero-order valence-corrected chi connectivity index (χ0v) is 15.3. The number of para-hydroxylation sites is 1. The van der Waals surface area contributed by atoms with E-state index >= 15 is 0 Å². The van der Waals surface area contributed by atoms with Crippen molar-refractivity contribution in [2.45, 2.75) is 25.7 Å². The van der Waals surface area contributed by atoms with Crippen LogP contribution in [0.5, 0.6) is 0 Å². The number of rotatable bonds is 1. The van der Waals surface area contributed by atoms with Crippen LogP contribution in [0.1, 0.15) is 35.3 Å². The monoisotopic (exact) mass is 353 g/mol. The number of benzene rings is 2. The Balaban J connectivity index is 1.66. The molecular formula is C24H19NS. The normalized spacial score (nSPS) is 15.9. The van der Waals surface area contributed by atoms with Crippen molar-refractivity contribution >= 4 is 50.9 Å². The first kappa shape index (κ1) is 14.6. The Labute approximate surface area is 156 Å². The molecule has 2 heterocycles. The second-order valence-corrected chi connectivity index (χ2v) is 8.33. The molecule has 2 aromatic carbocycles. The predicted octanol–water partition coefficient (Wildman–Crippen LogP) is 5.12. The van der Waals surface area contributed by atoms with Gasteiger partial charge in [0.05, 0.1) is 0 Å². The lowest BCUT2D eigenvalue weighted by Crippen LogP contribution is -2.27. The van der Waals surface area contributed by atoms with Gasteiger partial charge in [0.25, 0.3) is 0 Å². The summed E-state index contributed by atoms with van der Waals surface area (Å²) in [6.45, 7) is 0. The molecule has 0 amide bonds. The van der Waals surface area contributed by atoms with E-state index in [1.807, 2.05) is 11.3 Å². The summed E-state index contributed by atoms with van der Waals surface area (Å²) in [6.07, 6.45) is 11.8. The maximum atomic E-state index is 3.55. The molecule has 0 aliphatic heterocycles. The van der Waals surface area contributed by atoms with E-state index in [0.29, 0.717) is 0 Å². The zero-order chi connectivity index (χ0) is 17.1. The van der Waals surface area contributed by atoms with Gasteiger partial charge in [0.2, 0.25) is 0 Å². The first-order chi connectivity index (χ1) is 12.9. The SMILES string of the molecule is C1=Cc2sc3c(c2CC1)=CCCC=3c1ccc2[nH]c3ccccc3c2c1. The highest BCUT2D eigenvalue weighted by molar-refractivity contribution is 7.11. The molecule has 0 spiro atoms. The van der Waals surface area contributed by atoms with Crippen LogP contribution in [0.4, 0.5) is 0 Å². The van der Waals surface area contributed by atoms with Gasteiger partial charge in [-0.3, -0.25) is 0 Å². The van der Waals surface area contributed by atoms with Crippen LogP contribution in [0.2, 0.25) is 0 Å². The lowest BCUT2D eigenvalue weighted by atomic mass is 9.93. The molecule has 6 rings (SSSR count). The van der Waals surface area contributed by atoms with Gasteiger partial charge in [0.1, 0.15) is 0 Å². The second-order valence-electron chi connectivity index (χ2n) is 7.28. The minimum atomic E-state index is 1.14. The summed E-state index contributed by atoms with van der Waals surface area (Å²) in [4.78, 5) is 5.02. The minimum Gasteiger partial charge on any atom is -0.355 e. The molecule has 0 saturated heterocycles. The van der Waals surface area contributed by atoms with Gasteiger partial charge in [-0.2, -0.15) is 0 Å². The Morgan fingerprint density at radius 1 is 0.885 bits per heavy atom. The molecule has 0 atom stereocenters. The molecule has 2 aliphatic carbocycles.